The second-order valence-corrected chi connectivity index (χ2v) is 10.6. The molecule has 0 aliphatic heterocycles. The van der Waals surface area contributed by atoms with Crippen LogP contribution in [-0.2, 0) is 16.4 Å². The Bertz CT molecular complexity index is 1390. The average Bonchev–Trinajstić information content (AvgIpc) is 2.85. The first-order valence-electron chi connectivity index (χ1n) is 11.3. The van der Waals surface area contributed by atoms with Gasteiger partial charge in [-0.1, -0.05) is 35.9 Å². The summed E-state index contributed by atoms with van der Waals surface area (Å²) in [5, 5.41) is 0. The molecular weight excluding hydrogens is 458 g/mol. The number of rotatable bonds is 8. The van der Waals surface area contributed by atoms with E-state index in [1.54, 1.807) is 55.6 Å². The maximum absolute atomic E-state index is 12.9. The van der Waals surface area contributed by atoms with Crippen LogP contribution in [0, 0.1) is 6.92 Å². The van der Waals surface area contributed by atoms with Gasteiger partial charge in [0.2, 0.25) is 9.84 Å². The molecule has 0 fully saturated rings. The van der Waals surface area contributed by atoms with E-state index in [0.29, 0.717) is 11.5 Å². The standard InChI is InChI=1S/C29H29NO4S/c1-21-5-14-27(15-6-21)35(31,32)28-16-12-26(13-17-28)34-25-10-7-22(8-11-25)23-9-18-29(33-4)24(19-23)20-30(2)3/h5-19H,20H2,1-4H3. The highest BCUT2D eigenvalue weighted by molar-refractivity contribution is 7.91. The SMILES string of the molecule is COc1ccc(-c2ccc(Oc3ccc(S(=O)(=O)c4ccc(C)cc4)cc3)cc2)cc1CN(C)C. The molecule has 35 heavy (non-hydrogen) atoms. The van der Waals surface area contributed by atoms with E-state index in [9.17, 15) is 8.42 Å². The minimum absolute atomic E-state index is 0.233. The average molecular weight is 488 g/mol. The number of ether oxygens (including phenoxy) is 2. The molecule has 0 amide bonds. The van der Waals surface area contributed by atoms with Gasteiger partial charge >= 0.3 is 0 Å². The first kappa shape index (κ1) is 24.5. The first-order valence-corrected chi connectivity index (χ1v) is 12.8. The maximum Gasteiger partial charge on any atom is 0.206 e. The van der Waals surface area contributed by atoms with Gasteiger partial charge in [0, 0.05) is 12.1 Å². The van der Waals surface area contributed by atoms with Gasteiger partial charge in [0.25, 0.3) is 0 Å². The summed E-state index contributed by atoms with van der Waals surface area (Å²) in [5.74, 6) is 2.11. The summed E-state index contributed by atoms with van der Waals surface area (Å²) in [7, 11) is 2.18. The number of aryl methyl sites for hydroxylation is 1. The highest BCUT2D eigenvalue weighted by atomic mass is 32.2. The fourth-order valence-corrected chi connectivity index (χ4v) is 5.08. The Kier molecular flexibility index (Phi) is 7.24. The Morgan fingerprint density at radius 3 is 1.77 bits per heavy atom. The Morgan fingerprint density at radius 2 is 1.23 bits per heavy atom. The molecule has 4 rings (SSSR count). The predicted octanol–water partition coefficient (Wildman–Crippen LogP) is 6.36. The molecule has 180 valence electrons. The predicted molar refractivity (Wildman–Crippen MR) is 139 cm³/mol. The van der Waals surface area contributed by atoms with Crippen LogP contribution >= 0.6 is 0 Å². The molecule has 0 N–H and O–H groups in total. The topological polar surface area (TPSA) is 55.8 Å². The van der Waals surface area contributed by atoms with Crippen molar-refractivity contribution in [2.24, 2.45) is 0 Å². The zero-order chi connectivity index (χ0) is 25.0. The van der Waals surface area contributed by atoms with Crippen molar-refractivity contribution in [2.45, 2.75) is 23.3 Å². The van der Waals surface area contributed by atoms with Crippen LogP contribution in [0.25, 0.3) is 11.1 Å². The largest absolute Gasteiger partial charge is 0.496 e. The number of methoxy groups -OCH3 is 1. The van der Waals surface area contributed by atoms with Crippen LogP contribution in [0.1, 0.15) is 11.1 Å². The lowest BCUT2D eigenvalue weighted by Gasteiger charge is -2.15. The Morgan fingerprint density at radius 1 is 0.714 bits per heavy atom. The summed E-state index contributed by atoms with van der Waals surface area (Å²) in [5.41, 5.74) is 4.30. The Hall–Kier alpha value is -3.61. The smallest absolute Gasteiger partial charge is 0.206 e. The molecule has 0 unspecified atom stereocenters. The van der Waals surface area contributed by atoms with E-state index in [0.717, 1.165) is 34.5 Å². The lowest BCUT2D eigenvalue weighted by Crippen LogP contribution is -2.11. The Labute approximate surface area is 207 Å². The normalized spacial score (nSPS) is 11.5. The molecule has 0 aromatic heterocycles. The van der Waals surface area contributed by atoms with Crippen LogP contribution in [0.3, 0.4) is 0 Å². The van der Waals surface area contributed by atoms with Crippen LogP contribution in [-0.4, -0.2) is 34.5 Å². The fourth-order valence-electron chi connectivity index (χ4n) is 3.81. The molecule has 0 saturated heterocycles. The van der Waals surface area contributed by atoms with Crippen molar-refractivity contribution in [3.8, 4) is 28.4 Å². The number of nitrogens with zero attached hydrogens (tertiary/aromatic N) is 1. The fraction of sp³-hybridized carbons (Fsp3) is 0.172. The molecule has 0 atom stereocenters. The second kappa shape index (κ2) is 10.3. The summed E-state index contributed by atoms with van der Waals surface area (Å²) in [6, 6.07) is 27.3. The van der Waals surface area contributed by atoms with Gasteiger partial charge in [0.1, 0.15) is 17.2 Å². The quantitative estimate of drug-likeness (QED) is 0.290. The monoisotopic (exact) mass is 487 g/mol. The molecule has 0 saturated carbocycles. The minimum Gasteiger partial charge on any atom is -0.496 e. The molecule has 5 nitrogen and oxygen atoms in total. The van der Waals surface area contributed by atoms with Crippen LogP contribution in [0.5, 0.6) is 17.2 Å². The van der Waals surface area contributed by atoms with Gasteiger partial charge in [0.05, 0.1) is 16.9 Å². The van der Waals surface area contributed by atoms with Crippen LogP contribution in [0.2, 0.25) is 0 Å². The van der Waals surface area contributed by atoms with Crippen LogP contribution < -0.4 is 9.47 Å². The molecule has 4 aromatic carbocycles. The first-order chi connectivity index (χ1) is 16.8. The lowest BCUT2D eigenvalue weighted by molar-refractivity contribution is 0.372. The second-order valence-electron chi connectivity index (χ2n) is 8.68. The molecular formula is C29H29NO4S. The van der Waals surface area contributed by atoms with Crippen LogP contribution in [0.4, 0.5) is 0 Å². The van der Waals surface area contributed by atoms with Crippen molar-refractivity contribution < 1.29 is 17.9 Å². The highest BCUT2D eigenvalue weighted by Gasteiger charge is 2.17. The van der Waals surface area contributed by atoms with Crippen LogP contribution in [0.15, 0.2) is 101 Å². The summed E-state index contributed by atoms with van der Waals surface area (Å²) >= 11 is 0. The summed E-state index contributed by atoms with van der Waals surface area (Å²) < 4.78 is 37.2. The number of benzene rings is 4. The van der Waals surface area contributed by atoms with E-state index in [2.05, 4.69) is 11.0 Å². The van der Waals surface area contributed by atoms with Crippen molar-refractivity contribution >= 4 is 9.84 Å². The molecule has 0 heterocycles. The van der Waals surface area contributed by atoms with Gasteiger partial charge in [-0.3, -0.25) is 0 Å². The molecule has 6 heteroatoms. The van der Waals surface area contributed by atoms with Gasteiger partial charge in [-0.2, -0.15) is 0 Å². The highest BCUT2D eigenvalue weighted by Crippen LogP contribution is 2.30. The molecule has 0 spiro atoms. The maximum atomic E-state index is 12.9. The van der Waals surface area contributed by atoms with Crippen molar-refractivity contribution in [3.05, 3.63) is 102 Å². The molecule has 0 aliphatic carbocycles. The molecule has 0 bridgehead atoms. The molecule has 0 aliphatic rings. The van der Waals surface area contributed by atoms with Gasteiger partial charge < -0.3 is 14.4 Å². The van der Waals surface area contributed by atoms with E-state index in [4.69, 9.17) is 9.47 Å². The summed E-state index contributed by atoms with van der Waals surface area (Å²) in [6.45, 7) is 2.71. The van der Waals surface area contributed by atoms with E-state index in [1.807, 2.05) is 57.4 Å². The van der Waals surface area contributed by atoms with Gasteiger partial charge in [-0.05, 0) is 92.8 Å². The third-order valence-electron chi connectivity index (χ3n) is 5.66. The third kappa shape index (κ3) is 5.73. The minimum atomic E-state index is -3.57. The Balaban J connectivity index is 1.49. The van der Waals surface area contributed by atoms with E-state index >= 15 is 0 Å². The van der Waals surface area contributed by atoms with Crippen molar-refractivity contribution in [1.29, 1.82) is 0 Å². The zero-order valence-electron chi connectivity index (χ0n) is 20.4. The zero-order valence-corrected chi connectivity index (χ0v) is 21.2. The lowest BCUT2D eigenvalue weighted by atomic mass is 10.0. The van der Waals surface area contributed by atoms with E-state index in [-0.39, 0.29) is 9.79 Å². The van der Waals surface area contributed by atoms with Crippen molar-refractivity contribution in [1.82, 2.24) is 4.90 Å². The van der Waals surface area contributed by atoms with Gasteiger partial charge in [-0.25, -0.2) is 8.42 Å². The summed E-state index contributed by atoms with van der Waals surface area (Å²) in [4.78, 5) is 2.62. The number of hydrogen-bond acceptors (Lipinski definition) is 5. The third-order valence-corrected chi connectivity index (χ3v) is 7.44. The van der Waals surface area contributed by atoms with Crippen molar-refractivity contribution in [2.75, 3.05) is 21.2 Å². The van der Waals surface area contributed by atoms with E-state index < -0.39 is 9.84 Å². The van der Waals surface area contributed by atoms with Gasteiger partial charge in [-0.15, -0.1) is 0 Å². The number of sulfone groups is 1. The van der Waals surface area contributed by atoms with Gasteiger partial charge in [0.15, 0.2) is 0 Å². The molecule has 0 radical (unpaired) electrons. The summed E-state index contributed by atoms with van der Waals surface area (Å²) in [6.07, 6.45) is 0. The van der Waals surface area contributed by atoms with Crippen molar-refractivity contribution in [3.63, 3.8) is 0 Å². The van der Waals surface area contributed by atoms with E-state index in [1.165, 1.54) is 0 Å². The number of hydrogen-bond donors (Lipinski definition) is 0. The molecule has 4 aromatic rings.